The Kier molecular flexibility index (Phi) is 4.39. The van der Waals surface area contributed by atoms with Crippen molar-refractivity contribution in [3.63, 3.8) is 0 Å². The van der Waals surface area contributed by atoms with Crippen molar-refractivity contribution >= 4 is 5.95 Å². The molecule has 1 aromatic carbocycles. The van der Waals surface area contributed by atoms with Gasteiger partial charge in [0.25, 0.3) is 5.56 Å². The van der Waals surface area contributed by atoms with Gasteiger partial charge in [0.2, 0.25) is 5.95 Å². The number of hydrogen-bond donors (Lipinski definition) is 0. The van der Waals surface area contributed by atoms with Crippen molar-refractivity contribution in [3.8, 4) is 11.3 Å². The van der Waals surface area contributed by atoms with Crippen LogP contribution in [0.2, 0.25) is 0 Å². The van der Waals surface area contributed by atoms with Gasteiger partial charge < -0.3 is 9.64 Å². The third kappa shape index (κ3) is 3.11. The molecule has 7 heteroatoms. The molecule has 0 amide bonds. The van der Waals surface area contributed by atoms with Gasteiger partial charge in [0.05, 0.1) is 18.3 Å². The number of benzene rings is 1. The van der Waals surface area contributed by atoms with Crippen molar-refractivity contribution in [1.29, 1.82) is 0 Å². The molecule has 29 heavy (non-hydrogen) atoms. The average molecular weight is 392 g/mol. The van der Waals surface area contributed by atoms with E-state index in [1.165, 1.54) is 6.07 Å². The fourth-order valence-corrected chi connectivity index (χ4v) is 4.39. The summed E-state index contributed by atoms with van der Waals surface area (Å²) < 4.78 is 21.5. The second-order valence-electron chi connectivity index (χ2n) is 7.51. The first-order valence-corrected chi connectivity index (χ1v) is 9.77. The molecule has 0 unspecified atom stereocenters. The van der Waals surface area contributed by atoms with E-state index >= 15 is 0 Å². The zero-order chi connectivity index (χ0) is 20.0. The molecule has 0 N–H and O–H groups in total. The topological polar surface area (TPSA) is 60.2 Å². The van der Waals surface area contributed by atoms with Crippen LogP contribution in [-0.2, 0) is 18.2 Å². The van der Waals surface area contributed by atoms with Crippen LogP contribution in [0.15, 0.2) is 53.6 Å². The molecule has 3 aromatic rings. The highest BCUT2D eigenvalue weighted by Gasteiger charge is 2.39. The zero-order valence-electron chi connectivity index (χ0n) is 16.1. The minimum Gasteiger partial charge on any atom is -0.370 e. The number of halogens is 1. The number of aromatic nitrogens is 3. The fraction of sp³-hybridized carbons (Fsp3) is 0.318. The Labute approximate surface area is 167 Å². The molecule has 0 spiro atoms. The Balaban J connectivity index is 1.58. The molecule has 1 aliphatic carbocycles. The van der Waals surface area contributed by atoms with E-state index in [1.807, 2.05) is 18.2 Å². The van der Waals surface area contributed by atoms with Crippen LogP contribution < -0.4 is 10.5 Å². The monoisotopic (exact) mass is 392 g/mol. The normalized spacial score (nSPS) is 20.8. The van der Waals surface area contributed by atoms with Gasteiger partial charge in [-0.3, -0.25) is 14.3 Å². The standard InChI is InChI=1S/C22H21FN4O2/c1-26-20(28)13-18(15-6-8-24-9-7-15)25-22(26)27-10-11-29-21-17-12-16(23)4-2-14(17)3-5-19(21)27/h2,4,6-9,12-13,19,21H,3,5,10-11H2,1H3/t19-,21-/m0/s1. The summed E-state index contributed by atoms with van der Waals surface area (Å²) in [5.41, 5.74) is 3.38. The van der Waals surface area contributed by atoms with Gasteiger partial charge in [0.1, 0.15) is 11.9 Å². The van der Waals surface area contributed by atoms with E-state index < -0.39 is 0 Å². The maximum Gasteiger partial charge on any atom is 0.255 e. The van der Waals surface area contributed by atoms with Gasteiger partial charge in [-0.1, -0.05) is 6.07 Å². The van der Waals surface area contributed by atoms with Crippen molar-refractivity contribution < 1.29 is 9.13 Å². The lowest BCUT2D eigenvalue weighted by Gasteiger charge is -2.45. The molecule has 0 radical (unpaired) electrons. The highest BCUT2D eigenvalue weighted by molar-refractivity contribution is 5.59. The number of ether oxygens (including phenoxy) is 1. The minimum atomic E-state index is -0.254. The molecule has 3 heterocycles. The van der Waals surface area contributed by atoms with Gasteiger partial charge in [-0.25, -0.2) is 9.37 Å². The smallest absolute Gasteiger partial charge is 0.255 e. The van der Waals surface area contributed by atoms with Crippen LogP contribution in [0.25, 0.3) is 11.3 Å². The molecule has 5 rings (SSSR count). The molecule has 6 nitrogen and oxygen atoms in total. The second-order valence-corrected chi connectivity index (χ2v) is 7.51. The first-order chi connectivity index (χ1) is 14.1. The van der Waals surface area contributed by atoms with Gasteiger partial charge in [0.15, 0.2) is 0 Å². The SMILES string of the molecule is Cn1c(N2CCO[C@H]3c4cc(F)ccc4CC[C@@H]32)nc(-c2ccncc2)cc1=O. The van der Waals surface area contributed by atoms with Crippen molar-refractivity contribution in [2.75, 3.05) is 18.1 Å². The Morgan fingerprint density at radius 2 is 2.00 bits per heavy atom. The summed E-state index contributed by atoms with van der Waals surface area (Å²) in [6.45, 7) is 1.12. The van der Waals surface area contributed by atoms with Crippen molar-refractivity contribution in [2.24, 2.45) is 7.05 Å². The number of rotatable bonds is 2. The largest absolute Gasteiger partial charge is 0.370 e. The van der Waals surface area contributed by atoms with E-state index in [4.69, 9.17) is 9.72 Å². The fourth-order valence-electron chi connectivity index (χ4n) is 4.39. The number of anilines is 1. The molecule has 1 fully saturated rings. The molecule has 0 saturated carbocycles. The highest BCUT2D eigenvalue weighted by atomic mass is 19.1. The van der Waals surface area contributed by atoms with Crippen molar-refractivity contribution in [2.45, 2.75) is 25.0 Å². The summed E-state index contributed by atoms with van der Waals surface area (Å²) in [4.78, 5) is 23.7. The van der Waals surface area contributed by atoms with Crippen LogP contribution in [0.5, 0.6) is 0 Å². The molecule has 2 aliphatic rings. The molecule has 1 saturated heterocycles. The first kappa shape index (κ1) is 18.0. The van der Waals surface area contributed by atoms with Gasteiger partial charge in [0, 0.05) is 37.6 Å². The average Bonchev–Trinajstić information content (AvgIpc) is 2.75. The number of hydrogen-bond acceptors (Lipinski definition) is 5. The summed E-state index contributed by atoms with van der Waals surface area (Å²) in [5, 5.41) is 0. The van der Waals surface area contributed by atoms with Crippen LogP contribution in [0.1, 0.15) is 23.7 Å². The van der Waals surface area contributed by atoms with E-state index in [9.17, 15) is 9.18 Å². The Bertz CT molecular complexity index is 1120. The molecular weight excluding hydrogens is 371 g/mol. The molecule has 148 valence electrons. The van der Waals surface area contributed by atoms with E-state index in [2.05, 4.69) is 9.88 Å². The lowest BCUT2D eigenvalue weighted by Crippen LogP contribution is -2.51. The van der Waals surface area contributed by atoms with Gasteiger partial charge in [-0.05, 0) is 48.2 Å². The van der Waals surface area contributed by atoms with Crippen LogP contribution in [0.3, 0.4) is 0 Å². The molecule has 1 aliphatic heterocycles. The Morgan fingerprint density at radius 3 is 2.83 bits per heavy atom. The van der Waals surface area contributed by atoms with E-state index in [1.54, 1.807) is 36.1 Å². The predicted octanol–water partition coefficient (Wildman–Crippen LogP) is 2.87. The van der Waals surface area contributed by atoms with Gasteiger partial charge in [-0.2, -0.15) is 0 Å². The Morgan fingerprint density at radius 1 is 1.17 bits per heavy atom. The second kappa shape index (κ2) is 7.08. The van der Waals surface area contributed by atoms with E-state index in [-0.39, 0.29) is 23.5 Å². The lowest BCUT2D eigenvalue weighted by molar-refractivity contribution is 0.00157. The number of pyridine rings is 1. The van der Waals surface area contributed by atoms with Crippen LogP contribution in [0, 0.1) is 5.82 Å². The number of fused-ring (bicyclic) bond motifs is 3. The van der Waals surface area contributed by atoms with E-state index in [0.717, 1.165) is 29.5 Å². The quantitative estimate of drug-likeness (QED) is 0.671. The van der Waals surface area contributed by atoms with Gasteiger partial charge >= 0.3 is 0 Å². The van der Waals surface area contributed by atoms with Crippen molar-refractivity contribution in [3.05, 3.63) is 76.1 Å². The third-order valence-corrected chi connectivity index (χ3v) is 5.85. The molecule has 0 bridgehead atoms. The minimum absolute atomic E-state index is 0.00356. The molecular formula is C22H21FN4O2. The summed E-state index contributed by atoms with van der Waals surface area (Å²) in [5.74, 6) is 0.359. The molecule has 2 atom stereocenters. The third-order valence-electron chi connectivity index (χ3n) is 5.85. The zero-order valence-corrected chi connectivity index (χ0v) is 16.1. The Hall–Kier alpha value is -3.06. The molecule has 2 aromatic heterocycles. The summed E-state index contributed by atoms with van der Waals surface area (Å²) >= 11 is 0. The van der Waals surface area contributed by atoms with Gasteiger partial charge in [-0.15, -0.1) is 0 Å². The first-order valence-electron chi connectivity index (χ1n) is 9.77. The van der Waals surface area contributed by atoms with E-state index in [0.29, 0.717) is 24.8 Å². The number of nitrogens with zero attached hydrogens (tertiary/aromatic N) is 4. The maximum atomic E-state index is 13.9. The maximum absolute atomic E-state index is 13.9. The summed E-state index contributed by atoms with van der Waals surface area (Å²) in [6, 6.07) is 10.2. The van der Waals surface area contributed by atoms with Crippen LogP contribution in [0.4, 0.5) is 10.3 Å². The number of aryl methyl sites for hydroxylation is 1. The highest BCUT2D eigenvalue weighted by Crippen LogP contribution is 2.39. The number of morpholine rings is 1. The summed E-state index contributed by atoms with van der Waals surface area (Å²) in [7, 11) is 1.74. The van der Waals surface area contributed by atoms with Crippen molar-refractivity contribution in [1.82, 2.24) is 14.5 Å². The predicted molar refractivity (Wildman–Crippen MR) is 107 cm³/mol. The summed E-state index contributed by atoms with van der Waals surface area (Å²) in [6.07, 6.45) is 4.84. The van der Waals surface area contributed by atoms with Crippen LogP contribution in [-0.4, -0.2) is 33.7 Å². The van der Waals surface area contributed by atoms with Crippen LogP contribution >= 0.6 is 0 Å². The lowest BCUT2D eigenvalue weighted by atomic mass is 9.84.